The fourth-order valence-corrected chi connectivity index (χ4v) is 1.85. The minimum Gasteiger partial charge on any atom is -0.394 e. The Morgan fingerprint density at radius 2 is 1.81 bits per heavy atom. The van der Waals surface area contributed by atoms with E-state index in [9.17, 15) is 10.1 Å². The summed E-state index contributed by atoms with van der Waals surface area (Å²) in [5.41, 5.74) is 0.758. The van der Waals surface area contributed by atoms with Crippen LogP contribution >= 0.6 is 0 Å². The van der Waals surface area contributed by atoms with Crippen molar-refractivity contribution in [1.82, 2.24) is 4.98 Å². The first-order valence-corrected chi connectivity index (χ1v) is 6.34. The third kappa shape index (κ3) is 3.53. The van der Waals surface area contributed by atoms with E-state index in [1.165, 1.54) is 12.1 Å². The fraction of sp³-hybridized carbons (Fsp3) is 0.214. The molecule has 7 heteroatoms. The highest BCUT2D eigenvalue weighted by Gasteiger charge is 2.18. The molecule has 0 aliphatic carbocycles. The zero-order chi connectivity index (χ0) is 15.2. The molecule has 2 rings (SSSR count). The van der Waals surface area contributed by atoms with Gasteiger partial charge in [0.2, 0.25) is 0 Å². The minimum atomic E-state index is -0.567. The van der Waals surface area contributed by atoms with Gasteiger partial charge < -0.3 is 15.5 Å². The number of nitrogens with one attached hydrogen (secondary N) is 1. The number of hydrogen-bond acceptors (Lipinski definition) is 6. The standard InChI is InChI=1S/C14H15N3O4/c18-8-11(9-19)15-13-7-6-12(17(20)21)14(16-13)10-4-2-1-3-5-10/h1-7,11,18-19H,8-9H2,(H,15,16). The van der Waals surface area contributed by atoms with E-state index in [0.717, 1.165) is 0 Å². The molecule has 7 nitrogen and oxygen atoms in total. The molecule has 1 aromatic carbocycles. The number of aliphatic hydroxyl groups excluding tert-OH is 2. The number of nitrogens with zero attached hydrogens (tertiary/aromatic N) is 2. The van der Waals surface area contributed by atoms with Crippen LogP contribution in [0.1, 0.15) is 0 Å². The molecule has 0 aliphatic rings. The summed E-state index contributed by atoms with van der Waals surface area (Å²) in [6, 6.07) is 11.0. The van der Waals surface area contributed by atoms with Gasteiger partial charge in [0.1, 0.15) is 5.82 Å². The average Bonchev–Trinajstić information content (AvgIpc) is 2.53. The summed E-state index contributed by atoms with van der Waals surface area (Å²) in [4.78, 5) is 14.8. The van der Waals surface area contributed by atoms with E-state index in [0.29, 0.717) is 11.4 Å². The summed E-state index contributed by atoms with van der Waals surface area (Å²) < 4.78 is 0. The second-order valence-electron chi connectivity index (χ2n) is 4.39. The quantitative estimate of drug-likeness (QED) is 0.548. The molecule has 21 heavy (non-hydrogen) atoms. The average molecular weight is 289 g/mol. The highest BCUT2D eigenvalue weighted by atomic mass is 16.6. The molecule has 0 unspecified atom stereocenters. The van der Waals surface area contributed by atoms with Crippen LogP contribution in [0, 0.1) is 10.1 Å². The Kier molecular flexibility index (Phi) is 4.81. The van der Waals surface area contributed by atoms with Gasteiger partial charge in [0.25, 0.3) is 5.69 Å². The van der Waals surface area contributed by atoms with Crippen molar-refractivity contribution in [3.8, 4) is 11.3 Å². The Bertz CT molecular complexity index is 615. The number of hydrogen-bond donors (Lipinski definition) is 3. The Morgan fingerprint density at radius 1 is 1.14 bits per heavy atom. The molecule has 110 valence electrons. The van der Waals surface area contributed by atoms with E-state index in [1.54, 1.807) is 24.3 Å². The zero-order valence-electron chi connectivity index (χ0n) is 11.1. The van der Waals surface area contributed by atoms with Gasteiger partial charge in [0, 0.05) is 11.6 Å². The van der Waals surface area contributed by atoms with Crippen LogP contribution in [0.25, 0.3) is 11.3 Å². The summed E-state index contributed by atoms with van der Waals surface area (Å²) >= 11 is 0. The lowest BCUT2D eigenvalue weighted by Gasteiger charge is -2.14. The van der Waals surface area contributed by atoms with Crippen molar-refractivity contribution >= 4 is 11.5 Å². The molecule has 0 spiro atoms. The van der Waals surface area contributed by atoms with E-state index in [1.807, 2.05) is 6.07 Å². The van der Waals surface area contributed by atoms with Crippen LogP contribution in [0.15, 0.2) is 42.5 Å². The topological polar surface area (TPSA) is 109 Å². The van der Waals surface area contributed by atoms with Gasteiger partial charge in [-0.15, -0.1) is 0 Å². The molecule has 0 atom stereocenters. The molecule has 0 fully saturated rings. The minimum absolute atomic E-state index is 0.101. The Balaban J connectivity index is 2.42. The number of nitro groups is 1. The molecule has 0 bridgehead atoms. The number of aliphatic hydroxyl groups is 2. The first-order valence-electron chi connectivity index (χ1n) is 6.34. The summed E-state index contributed by atoms with van der Waals surface area (Å²) in [7, 11) is 0. The van der Waals surface area contributed by atoms with Crippen LogP contribution in [0.2, 0.25) is 0 Å². The molecule has 1 aromatic heterocycles. The van der Waals surface area contributed by atoms with Crippen molar-refractivity contribution in [2.45, 2.75) is 6.04 Å². The molecule has 3 N–H and O–H groups in total. The van der Waals surface area contributed by atoms with E-state index in [2.05, 4.69) is 10.3 Å². The lowest BCUT2D eigenvalue weighted by molar-refractivity contribution is -0.384. The first kappa shape index (κ1) is 14.9. The van der Waals surface area contributed by atoms with Gasteiger partial charge in [-0.1, -0.05) is 30.3 Å². The molecule has 0 aliphatic heterocycles. The zero-order valence-corrected chi connectivity index (χ0v) is 11.1. The van der Waals surface area contributed by atoms with Crippen molar-refractivity contribution < 1.29 is 15.1 Å². The van der Waals surface area contributed by atoms with Gasteiger partial charge in [0.15, 0.2) is 5.69 Å². The molecule has 0 radical (unpaired) electrons. The third-order valence-corrected chi connectivity index (χ3v) is 2.91. The largest absolute Gasteiger partial charge is 0.394 e. The van der Waals surface area contributed by atoms with Gasteiger partial charge in [0.05, 0.1) is 24.2 Å². The molecule has 0 saturated heterocycles. The predicted molar refractivity (Wildman–Crippen MR) is 77.9 cm³/mol. The Labute approximate surface area is 121 Å². The van der Waals surface area contributed by atoms with Gasteiger partial charge in [-0.3, -0.25) is 10.1 Å². The summed E-state index contributed by atoms with van der Waals surface area (Å²) in [6.45, 7) is -0.536. The Hall–Kier alpha value is -2.51. The van der Waals surface area contributed by atoms with Crippen molar-refractivity contribution in [3.05, 3.63) is 52.6 Å². The predicted octanol–water partition coefficient (Wildman–Crippen LogP) is 1.42. The smallest absolute Gasteiger partial charge is 0.295 e. The van der Waals surface area contributed by atoms with Crippen molar-refractivity contribution in [2.75, 3.05) is 18.5 Å². The molecule has 0 amide bonds. The third-order valence-electron chi connectivity index (χ3n) is 2.91. The van der Waals surface area contributed by atoms with Crippen LogP contribution in [-0.4, -0.2) is 39.4 Å². The van der Waals surface area contributed by atoms with Gasteiger partial charge >= 0.3 is 0 Å². The van der Waals surface area contributed by atoms with Gasteiger partial charge in [-0.25, -0.2) is 4.98 Å². The van der Waals surface area contributed by atoms with Crippen molar-refractivity contribution in [2.24, 2.45) is 0 Å². The number of pyridine rings is 1. The lowest BCUT2D eigenvalue weighted by atomic mass is 10.1. The SMILES string of the molecule is O=[N+]([O-])c1ccc(NC(CO)CO)nc1-c1ccccc1. The maximum absolute atomic E-state index is 11.1. The second-order valence-corrected chi connectivity index (χ2v) is 4.39. The van der Waals surface area contributed by atoms with E-state index in [4.69, 9.17) is 10.2 Å². The van der Waals surface area contributed by atoms with Gasteiger partial charge in [-0.2, -0.15) is 0 Å². The van der Waals surface area contributed by atoms with E-state index < -0.39 is 11.0 Å². The van der Waals surface area contributed by atoms with Crippen LogP contribution < -0.4 is 5.32 Å². The van der Waals surface area contributed by atoms with Crippen LogP contribution in [0.5, 0.6) is 0 Å². The number of aromatic nitrogens is 1. The lowest BCUT2D eigenvalue weighted by Crippen LogP contribution is -2.28. The molecule has 1 heterocycles. The summed E-state index contributed by atoms with van der Waals surface area (Å²) in [6.07, 6.45) is 0. The first-order chi connectivity index (χ1) is 10.2. The second kappa shape index (κ2) is 6.78. The monoisotopic (exact) mass is 289 g/mol. The van der Waals surface area contributed by atoms with Crippen LogP contribution in [0.4, 0.5) is 11.5 Å². The highest BCUT2D eigenvalue weighted by molar-refractivity contribution is 5.71. The maximum Gasteiger partial charge on any atom is 0.295 e. The number of rotatable bonds is 6. The molecular formula is C14H15N3O4. The van der Waals surface area contributed by atoms with E-state index >= 15 is 0 Å². The normalized spacial score (nSPS) is 10.6. The van der Waals surface area contributed by atoms with Gasteiger partial charge in [-0.05, 0) is 6.07 Å². The molecule has 0 saturated carbocycles. The number of anilines is 1. The van der Waals surface area contributed by atoms with Crippen molar-refractivity contribution in [1.29, 1.82) is 0 Å². The highest BCUT2D eigenvalue weighted by Crippen LogP contribution is 2.29. The molecular weight excluding hydrogens is 274 g/mol. The maximum atomic E-state index is 11.1. The number of benzene rings is 1. The van der Waals surface area contributed by atoms with Crippen LogP contribution in [-0.2, 0) is 0 Å². The van der Waals surface area contributed by atoms with E-state index in [-0.39, 0.29) is 24.6 Å². The van der Waals surface area contributed by atoms with Crippen molar-refractivity contribution in [3.63, 3.8) is 0 Å². The van der Waals surface area contributed by atoms with Crippen LogP contribution in [0.3, 0.4) is 0 Å². The molecule has 2 aromatic rings. The fourth-order valence-electron chi connectivity index (χ4n) is 1.85. The summed E-state index contributed by atoms with van der Waals surface area (Å²) in [5, 5.41) is 32.0. The Morgan fingerprint density at radius 3 is 2.38 bits per heavy atom. The summed E-state index contributed by atoms with van der Waals surface area (Å²) in [5.74, 6) is 0.354.